The number of thiophene rings is 1. The van der Waals surface area contributed by atoms with Crippen LogP contribution in [0.3, 0.4) is 0 Å². The van der Waals surface area contributed by atoms with Gasteiger partial charge in [-0.3, -0.25) is 5.84 Å². The maximum absolute atomic E-state index is 9.17. The summed E-state index contributed by atoms with van der Waals surface area (Å²) in [5.74, 6) is 4.33. The van der Waals surface area contributed by atoms with Crippen LogP contribution in [-0.4, -0.2) is 8.42 Å². The summed E-state index contributed by atoms with van der Waals surface area (Å²) in [5, 5.41) is 1.95. The van der Waals surface area contributed by atoms with E-state index in [0.29, 0.717) is 0 Å². The summed E-state index contributed by atoms with van der Waals surface area (Å²) in [6, 6.07) is 3.79. The van der Waals surface area contributed by atoms with Crippen molar-refractivity contribution in [1.82, 2.24) is 4.83 Å². The van der Waals surface area contributed by atoms with Gasteiger partial charge in [-0.2, -0.15) is 4.83 Å². The van der Waals surface area contributed by atoms with Crippen molar-refractivity contribution in [2.24, 2.45) is 5.84 Å². The number of nitrogens with one attached hydrogen (secondary N) is 1. The second kappa shape index (κ2) is 6.56. The number of hydrazine groups is 1. The largest absolute Gasteiger partial charge is 0.258 e. The molecule has 0 aliphatic heterocycles. The van der Waals surface area contributed by atoms with E-state index in [9.17, 15) is 0 Å². The van der Waals surface area contributed by atoms with Crippen LogP contribution < -0.4 is 10.7 Å². The Kier molecular flexibility index (Phi) is 6.48. The van der Waals surface area contributed by atoms with Crippen molar-refractivity contribution in [2.45, 2.75) is 0 Å². The molecule has 0 aromatic carbocycles. The first kappa shape index (κ1) is 10.9. The molecule has 0 aliphatic rings. The first-order valence-electron chi connectivity index (χ1n) is 2.46. The summed E-state index contributed by atoms with van der Waals surface area (Å²) in [6.07, 6.45) is 0. The van der Waals surface area contributed by atoms with Gasteiger partial charge in [0, 0.05) is 0 Å². The van der Waals surface area contributed by atoms with E-state index in [1.165, 1.54) is 4.83 Å². The molecule has 0 bridgehead atoms. The SMILES string of the molecule is Clc1cccs1.NN[SH](=O)=O. The van der Waals surface area contributed by atoms with Crippen molar-refractivity contribution in [3.8, 4) is 0 Å². The monoisotopic (exact) mass is 214 g/mol. The second-order valence-corrected chi connectivity index (χ2v) is 3.65. The van der Waals surface area contributed by atoms with Crippen LogP contribution in [0.5, 0.6) is 0 Å². The van der Waals surface area contributed by atoms with E-state index in [1.54, 1.807) is 11.3 Å². The maximum atomic E-state index is 9.17. The zero-order valence-electron chi connectivity index (χ0n) is 5.36. The van der Waals surface area contributed by atoms with Crippen molar-refractivity contribution in [3.63, 3.8) is 0 Å². The minimum Gasteiger partial charge on any atom is -0.258 e. The molecular formula is C4H7ClN2O2S2. The van der Waals surface area contributed by atoms with Crippen molar-refractivity contribution < 1.29 is 8.42 Å². The summed E-state index contributed by atoms with van der Waals surface area (Å²) in [5.41, 5.74) is 0. The van der Waals surface area contributed by atoms with Crippen LogP contribution in [0, 0.1) is 0 Å². The quantitative estimate of drug-likeness (QED) is 0.360. The predicted molar refractivity (Wildman–Crippen MR) is 47.0 cm³/mol. The fourth-order valence-corrected chi connectivity index (χ4v) is 0.930. The number of nitrogens with two attached hydrogens (primary N) is 1. The summed E-state index contributed by atoms with van der Waals surface area (Å²) in [6.45, 7) is 0. The molecule has 7 heteroatoms. The maximum Gasteiger partial charge on any atom is 0.213 e. The van der Waals surface area contributed by atoms with E-state index in [0.717, 1.165) is 4.34 Å². The van der Waals surface area contributed by atoms with E-state index in [2.05, 4.69) is 5.84 Å². The molecule has 0 saturated carbocycles. The Morgan fingerprint density at radius 2 is 2.18 bits per heavy atom. The summed E-state index contributed by atoms with van der Waals surface area (Å²) in [4.78, 5) is 1.48. The standard InChI is InChI=1S/C4H3ClS.H4N2O2S/c5-4-2-1-3-6-4;1-2-5(3)4/h1-3H;5H,1H2,(H,2,3,4). The molecular weight excluding hydrogens is 208 g/mol. The second-order valence-electron chi connectivity index (χ2n) is 1.30. The summed E-state index contributed by atoms with van der Waals surface area (Å²) >= 11 is 7.02. The minimum absolute atomic E-state index is 0.856. The summed E-state index contributed by atoms with van der Waals surface area (Å²) < 4.78 is 19.2. The molecule has 0 saturated heterocycles. The fraction of sp³-hybridized carbons (Fsp3) is 0. The molecule has 11 heavy (non-hydrogen) atoms. The zero-order chi connectivity index (χ0) is 8.69. The molecule has 0 fully saturated rings. The van der Waals surface area contributed by atoms with Gasteiger partial charge in [0.1, 0.15) is 0 Å². The third kappa shape index (κ3) is 7.76. The lowest BCUT2D eigenvalue weighted by molar-refractivity contribution is 0.604. The molecule has 3 N–H and O–H groups in total. The highest BCUT2D eigenvalue weighted by Gasteiger charge is 1.77. The average Bonchev–Trinajstić information content (AvgIpc) is 2.41. The van der Waals surface area contributed by atoms with Gasteiger partial charge in [-0.1, -0.05) is 11.6 Å². The molecule has 0 atom stereocenters. The number of rotatable bonds is 1. The van der Waals surface area contributed by atoms with Crippen LogP contribution in [0.4, 0.5) is 0 Å². The Bertz CT molecular complexity index is 239. The van der Waals surface area contributed by atoms with Crippen molar-refractivity contribution >= 4 is 33.8 Å². The molecule has 0 amide bonds. The van der Waals surface area contributed by atoms with Gasteiger partial charge >= 0.3 is 0 Å². The van der Waals surface area contributed by atoms with Crippen molar-refractivity contribution in [3.05, 3.63) is 21.8 Å². The van der Waals surface area contributed by atoms with Gasteiger partial charge in [-0.25, -0.2) is 8.42 Å². The Morgan fingerprint density at radius 1 is 1.64 bits per heavy atom. The molecule has 1 aromatic heterocycles. The summed E-state index contributed by atoms with van der Waals surface area (Å²) in [7, 11) is -2.57. The molecule has 1 aromatic rings. The van der Waals surface area contributed by atoms with Crippen molar-refractivity contribution in [1.29, 1.82) is 0 Å². The minimum atomic E-state index is -2.57. The number of thiol groups is 1. The number of hydrogen-bond acceptors (Lipinski definition) is 4. The molecule has 1 heterocycles. The molecule has 0 radical (unpaired) electrons. The topological polar surface area (TPSA) is 72.2 Å². The van der Waals surface area contributed by atoms with Crippen LogP contribution in [0.1, 0.15) is 0 Å². The average molecular weight is 215 g/mol. The third-order valence-electron chi connectivity index (χ3n) is 0.592. The first-order valence-corrected chi connectivity index (χ1v) is 4.90. The van der Waals surface area contributed by atoms with Gasteiger partial charge in [0.2, 0.25) is 10.9 Å². The fourth-order valence-electron chi connectivity index (χ4n) is 0.259. The van der Waals surface area contributed by atoms with E-state index in [1.807, 2.05) is 17.5 Å². The Morgan fingerprint density at radius 3 is 2.27 bits per heavy atom. The van der Waals surface area contributed by atoms with Gasteiger partial charge in [0.25, 0.3) is 0 Å². The number of halogens is 1. The lowest BCUT2D eigenvalue weighted by Gasteiger charge is -1.68. The van der Waals surface area contributed by atoms with Gasteiger partial charge in [0.05, 0.1) is 4.34 Å². The molecule has 4 nitrogen and oxygen atoms in total. The molecule has 0 unspecified atom stereocenters. The predicted octanol–water partition coefficient (Wildman–Crippen LogP) is 0.378. The van der Waals surface area contributed by atoms with Gasteiger partial charge in [-0.15, -0.1) is 11.3 Å². The van der Waals surface area contributed by atoms with Crippen LogP contribution >= 0.6 is 22.9 Å². The van der Waals surface area contributed by atoms with Gasteiger partial charge in [0.15, 0.2) is 0 Å². The molecule has 0 aliphatic carbocycles. The zero-order valence-corrected chi connectivity index (χ0v) is 7.83. The highest BCUT2D eigenvalue weighted by Crippen LogP contribution is 2.13. The highest BCUT2D eigenvalue weighted by molar-refractivity contribution is 7.70. The smallest absolute Gasteiger partial charge is 0.213 e. The van der Waals surface area contributed by atoms with Crippen LogP contribution in [0.25, 0.3) is 0 Å². The van der Waals surface area contributed by atoms with E-state index < -0.39 is 10.9 Å². The van der Waals surface area contributed by atoms with Crippen LogP contribution in [0.2, 0.25) is 4.34 Å². The molecule has 1 rings (SSSR count). The Hall–Kier alpha value is -0.140. The van der Waals surface area contributed by atoms with Gasteiger partial charge < -0.3 is 0 Å². The van der Waals surface area contributed by atoms with Gasteiger partial charge in [-0.05, 0) is 17.5 Å². The highest BCUT2D eigenvalue weighted by atomic mass is 35.5. The van der Waals surface area contributed by atoms with E-state index in [4.69, 9.17) is 20.0 Å². The third-order valence-corrected chi connectivity index (χ3v) is 1.85. The van der Waals surface area contributed by atoms with Crippen LogP contribution in [0.15, 0.2) is 17.5 Å². The lowest BCUT2D eigenvalue weighted by atomic mass is 10.7. The van der Waals surface area contributed by atoms with Crippen molar-refractivity contribution in [2.75, 3.05) is 0 Å². The van der Waals surface area contributed by atoms with E-state index in [-0.39, 0.29) is 0 Å². The Labute approximate surface area is 75.0 Å². The molecule has 64 valence electrons. The Balaban J connectivity index is 0.000000187. The molecule has 0 spiro atoms. The number of hydrogen-bond donors (Lipinski definition) is 3. The lowest BCUT2D eigenvalue weighted by Crippen LogP contribution is -2.18. The first-order chi connectivity index (χ1) is 5.16. The normalized spacial score (nSPS) is 9.00. The van der Waals surface area contributed by atoms with E-state index >= 15 is 0 Å². The van der Waals surface area contributed by atoms with Crippen LogP contribution in [-0.2, 0) is 10.9 Å².